The van der Waals surface area contributed by atoms with Gasteiger partial charge in [-0.2, -0.15) is 0 Å². The molecular weight excluding hydrogens is 360 g/mol. The zero-order valence-corrected chi connectivity index (χ0v) is 15.8. The maximum Gasteiger partial charge on any atom is 0.341 e. The highest BCUT2D eigenvalue weighted by atomic mass is 16.5. The maximum absolute atomic E-state index is 12.8. The van der Waals surface area contributed by atoms with Gasteiger partial charge >= 0.3 is 5.97 Å². The molecule has 1 heterocycles. The number of carbonyl (C=O) groups is 2. The molecule has 0 saturated heterocycles. The van der Waals surface area contributed by atoms with Crippen LogP contribution in [0.3, 0.4) is 0 Å². The number of rotatable bonds is 6. The predicted molar refractivity (Wildman–Crippen MR) is 102 cm³/mol. The summed E-state index contributed by atoms with van der Waals surface area (Å²) in [7, 11) is 2.78. The van der Waals surface area contributed by atoms with Gasteiger partial charge in [-0.25, -0.2) is 4.79 Å². The molecule has 1 aromatic heterocycles. The highest BCUT2D eigenvalue weighted by Crippen LogP contribution is 2.25. The van der Waals surface area contributed by atoms with Gasteiger partial charge < -0.3 is 19.3 Å². The molecule has 0 radical (unpaired) electrons. The molecule has 0 aliphatic rings. The highest BCUT2D eigenvalue weighted by molar-refractivity contribution is 6.00. The van der Waals surface area contributed by atoms with Crippen LogP contribution in [0.4, 0.5) is 0 Å². The molecule has 3 aromatic rings. The summed E-state index contributed by atoms with van der Waals surface area (Å²) < 4.78 is 15.2. The Hall–Kier alpha value is -3.61. The number of nitrogens with one attached hydrogen (secondary N) is 1. The van der Waals surface area contributed by atoms with Crippen molar-refractivity contribution in [2.24, 2.45) is 0 Å². The molecule has 0 saturated carbocycles. The molecule has 28 heavy (non-hydrogen) atoms. The minimum atomic E-state index is -0.508. The van der Waals surface area contributed by atoms with Crippen LogP contribution in [0.2, 0.25) is 0 Å². The van der Waals surface area contributed by atoms with E-state index in [2.05, 4.69) is 10.5 Å². The topological polar surface area (TPSA) is 90.7 Å². The number of nitrogens with zero attached hydrogens (tertiary/aromatic N) is 1. The molecule has 1 N–H and O–H groups in total. The standard InChI is InChI=1S/C21H20N2O5/c1-13-18(19(23-28-13)15-7-5-4-6-8-15)20(24)22-12-14-9-10-17(26-2)16(11-14)21(25)27-3/h4-11H,12H2,1-3H3,(H,22,24). The molecule has 0 bridgehead atoms. The summed E-state index contributed by atoms with van der Waals surface area (Å²) in [5.41, 5.74) is 2.68. The van der Waals surface area contributed by atoms with Gasteiger partial charge in [0.2, 0.25) is 0 Å². The van der Waals surface area contributed by atoms with Crippen LogP contribution in [-0.4, -0.2) is 31.3 Å². The van der Waals surface area contributed by atoms with Crippen LogP contribution < -0.4 is 10.1 Å². The van der Waals surface area contributed by atoms with Crippen LogP contribution in [0.1, 0.15) is 32.0 Å². The van der Waals surface area contributed by atoms with Crippen LogP contribution >= 0.6 is 0 Å². The Morgan fingerprint density at radius 2 is 1.86 bits per heavy atom. The Kier molecular flexibility index (Phi) is 5.74. The minimum absolute atomic E-state index is 0.214. The lowest BCUT2D eigenvalue weighted by Crippen LogP contribution is -2.24. The first-order chi connectivity index (χ1) is 13.5. The number of esters is 1. The summed E-state index contributed by atoms with van der Waals surface area (Å²) in [5, 5.41) is 6.86. The average Bonchev–Trinajstić information content (AvgIpc) is 3.13. The molecule has 7 nitrogen and oxygen atoms in total. The lowest BCUT2D eigenvalue weighted by Gasteiger charge is -2.10. The third-order valence-corrected chi connectivity index (χ3v) is 4.26. The van der Waals surface area contributed by atoms with Crippen LogP contribution in [0.5, 0.6) is 5.75 Å². The highest BCUT2D eigenvalue weighted by Gasteiger charge is 2.21. The van der Waals surface area contributed by atoms with E-state index in [0.717, 1.165) is 11.1 Å². The Morgan fingerprint density at radius 1 is 1.11 bits per heavy atom. The van der Waals surface area contributed by atoms with Crippen LogP contribution in [-0.2, 0) is 11.3 Å². The fourth-order valence-electron chi connectivity index (χ4n) is 2.84. The van der Waals surface area contributed by atoms with Crippen LogP contribution in [0, 0.1) is 6.92 Å². The van der Waals surface area contributed by atoms with Crippen molar-refractivity contribution in [3.63, 3.8) is 0 Å². The molecule has 0 unspecified atom stereocenters. The van der Waals surface area contributed by atoms with Crippen LogP contribution in [0.15, 0.2) is 53.1 Å². The summed E-state index contributed by atoms with van der Waals surface area (Å²) in [6, 6.07) is 14.4. The van der Waals surface area contributed by atoms with E-state index in [-0.39, 0.29) is 12.5 Å². The van der Waals surface area contributed by atoms with Crippen molar-refractivity contribution in [3.8, 4) is 17.0 Å². The molecule has 3 rings (SSSR count). The third-order valence-electron chi connectivity index (χ3n) is 4.26. The first-order valence-corrected chi connectivity index (χ1v) is 8.60. The number of ether oxygens (including phenoxy) is 2. The summed E-state index contributed by atoms with van der Waals surface area (Å²) in [4.78, 5) is 24.7. The molecule has 1 amide bonds. The summed E-state index contributed by atoms with van der Waals surface area (Å²) >= 11 is 0. The quantitative estimate of drug-likeness (QED) is 0.660. The molecular formula is C21H20N2O5. The van der Waals surface area contributed by atoms with E-state index < -0.39 is 5.97 Å². The van der Waals surface area contributed by atoms with E-state index in [0.29, 0.717) is 28.3 Å². The summed E-state index contributed by atoms with van der Waals surface area (Å²) in [5.74, 6) is 0.0174. The Morgan fingerprint density at radius 3 is 2.54 bits per heavy atom. The van der Waals surface area contributed by atoms with Gasteiger partial charge in [-0.1, -0.05) is 41.6 Å². The van der Waals surface area contributed by atoms with Crippen molar-refractivity contribution in [1.82, 2.24) is 10.5 Å². The van der Waals surface area contributed by atoms with E-state index in [1.807, 2.05) is 30.3 Å². The van der Waals surface area contributed by atoms with Gasteiger partial charge in [0.15, 0.2) is 0 Å². The van der Waals surface area contributed by atoms with Crippen molar-refractivity contribution in [2.45, 2.75) is 13.5 Å². The molecule has 0 aliphatic carbocycles. The number of methoxy groups -OCH3 is 2. The van der Waals surface area contributed by atoms with Crippen molar-refractivity contribution >= 4 is 11.9 Å². The fraction of sp³-hybridized carbons (Fsp3) is 0.190. The van der Waals surface area contributed by atoms with Crippen molar-refractivity contribution in [2.75, 3.05) is 14.2 Å². The molecule has 0 fully saturated rings. The zero-order valence-electron chi connectivity index (χ0n) is 15.8. The Balaban J connectivity index is 1.80. The number of aryl methyl sites for hydroxylation is 1. The van der Waals surface area contributed by atoms with Gasteiger partial charge in [0, 0.05) is 12.1 Å². The number of hydrogen-bond donors (Lipinski definition) is 1. The largest absolute Gasteiger partial charge is 0.496 e. The van der Waals surface area contributed by atoms with E-state index >= 15 is 0 Å². The number of amides is 1. The second-order valence-corrected chi connectivity index (χ2v) is 6.04. The number of benzene rings is 2. The normalized spacial score (nSPS) is 10.4. The summed E-state index contributed by atoms with van der Waals surface area (Å²) in [6.07, 6.45) is 0. The lowest BCUT2D eigenvalue weighted by atomic mass is 10.1. The van der Waals surface area contributed by atoms with Gasteiger partial charge in [0.1, 0.15) is 28.3 Å². The van der Waals surface area contributed by atoms with Gasteiger partial charge in [-0.3, -0.25) is 4.79 Å². The van der Waals surface area contributed by atoms with Gasteiger partial charge in [-0.05, 0) is 24.6 Å². The SMILES string of the molecule is COC(=O)c1cc(CNC(=O)c2c(-c3ccccc3)noc2C)ccc1OC. The summed E-state index contributed by atoms with van der Waals surface area (Å²) in [6.45, 7) is 1.91. The molecule has 0 aliphatic heterocycles. The molecule has 7 heteroatoms. The first-order valence-electron chi connectivity index (χ1n) is 8.60. The Bertz CT molecular complexity index is 995. The van der Waals surface area contributed by atoms with Crippen molar-refractivity contribution < 1.29 is 23.6 Å². The second kappa shape index (κ2) is 8.39. The zero-order chi connectivity index (χ0) is 20.1. The molecule has 0 atom stereocenters. The molecule has 144 valence electrons. The average molecular weight is 380 g/mol. The van der Waals surface area contributed by atoms with E-state index in [1.54, 1.807) is 25.1 Å². The van der Waals surface area contributed by atoms with Crippen LogP contribution in [0.25, 0.3) is 11.3 Å². The van der Waals surface area contributed by atoms with E-state index in [1.165, 1.54) is 14.2 Å². The molecule has 0 spiro atoms. The smallest absolute Gasteiger partial charge is 0.341 e. The monoisotopic (exact) mass is 380 g/mol. The minimum Gasteiger partial charge on any atom is -0.496 e. The first kappa shape index (κ1) is 19.2. The third kappa shape index (κ3) is 3.88. The lowest BCUT2D eigenvalue weighted by molar-refractivity contribution is 0.0597. The fourth-order valence-corrected chi connectivity index (χ4v) is 2.84. The van der Waals surface area contributed by atoms with Gasteiger partial charge in [0.05, 0.1) is 14.2 Å². The number of aromatic nitrogens is 1. The van der Waals surface area contributed by atoms with E-state index in [9.17, 15) is 9.59 Å². The number of hydrogen-bond acceptors (Lipinski definition) is 6. The number of carbonyl (C=O) groups excluding carboxylic acids is 2. The predicted octanol–water partition coefficient (Wildman–Crippen LogP) is 3.38. The van der Waals surface area contributed by atoms with Crippen molar-refractivity contribution in [3.05, 3.63) is 71.0 Å². The van der Waals surface area contributed by atoms with Crippen molar-refractivity contribution in [1.29, 1.82) is 0 Å². The maximum atomic E-state index is 12.8. The Labute approximate surface area is 162 Å². The van der Waals surface area contributed by atoms with Gasteiger partial charge in [0.25, 0.3) is 5.91 Å². The molecule has 2 aromatic carbocycles. The van der Waals surface area contributed by atoms with Gasteiger partial charge in [-0.15, -0.1) is 0 Å². The second-order valence-electron chi connectivity index (χ2n) is 6.04. The van der Waals surface area contributed by atoms with E-state index in [4.69, 9.17) is 14.0 Å².